The molecule has 0 saturated carbocycles. The van der Waals surface area contributed by atoms with E-state index in [4.69, 9.17) is 23.3 Å². The molecule has 0 aliphatic carbocycles. The van der Waals surface area contributed by atoms with Gasteiger partial charge in [0.05, 0.1) is 19.8 Å². The van der Waals surface area contributed by atoms with Gasteiger partial charge in [0.2, 0.25) is 0 Å². The average Bonchev–Trinajstić information content (AvgIpc) is 3.35. The summed E-state index contributed by atoms with van der Waals surface area (Å²) in [7, 11) is -4.75. The van der Waals surface area contributed by atoms with Crippen LogP contribution in [0.2, 0.25) is 0 Å². The van der Waals surface area contributed by atoms with Gasteiger partial charge < -0.3 is 24.2 Å². The highest BCUT2D eigenvalue weighted by molar-refractivity contribution is 7.47. The van der Waals surface area contributed by atoms with Gasteiger partial charge in [-0.2, -0.15) is 0 Å². The molecule has 3 atom stereocenters. The number of unbranched alkanes of at least 4 members (excludes halogenated alkanes) is 25. The van der Waals surface area contributed by atoms with Crippen LogP contribution in [0.25, 0.3) is 0 Å². The van der Waals surface area contributed by atoms with E-state index in [1.807, 2.05) is 0 Å². The fraction of sp³-hybridized carbons (Fsp3) is 0.776. The number of hydrogen-bond acceptors (Lipinski definition) is 10. The first-order valence-corrected chi connectivity index (χ1v) is 29.7. The van der Waals surface area contributed by atoms with E-state index in [2.05, 4.69) is 81.5 Å². The number of carbonyl (C=O) groups excluding carboxylic acids is 3. The van der Waals surface area contributed by atoms with E-state index in [0.29, 0.717) is 19.3 Å². The Labute approximate surface area is 427 Å². The van der Waals surface area contributed by atoms with Crippen molar-refractivity contribution in [2.24, 2.45) is 0 Å². The van der Waals surface area contributed by atoms with Gasteiger partial charge in [0, 0.05) is 19.3 Å². The molecule has 0 saturated heterocycles. The number of phosphoric acid groups is 1. The van der Waals surface area contributed by atoms with Crippen LogP contribution in [0, 0.1) is 0 Å². The lowest BCUT2D eigenvalue weighted by Crippen LogP contribution is -2.30. The van der Waals surface area contributed by atoms with Gasteiger partial charge in [-0.1, -0.05) is 191 Å². The molecule has 12 heteroatoms. The first-order chi connectivity index (χ1) is 34.2. The summed E-state index contributed by atoms with van der Waals surface area (Å²) in [5.74, 6) is -1.50. The minimum atomic E-state index is -4.75. The lowest BCUT2D eigenvalue weighted by atomic mass is 10.1. The predicted molar refractivity (Wildman–Crippen MR) is 288 cm³/mol. The van der Waals surface area contributed by atoms with Crippen molar-refractivity contribution in [1.82, 2.24) is 0 Å². The molecule has 3 unspecified atom stereocenters. The van der Waals surface area contributed by atoms with E-state index in [1.165, 1.54) is 64.2 Å². The molecule has 0 spiro atoms. The van der Waals surface area contributed by atoms with Gasteiger partial charge in [-0.05, 0) is 103 Å². The van der Waals surface area contributed by atoms with Gasteiger partial charge in [-0.25, -0.2) is 4.57 Å². The number of rotatable bonds is 52. The molecular formula is C58H103O11P. The van der Waals surface area contributed by atoms with Crippen molar-refractivity contribution < 1.29 is 52.2 Å². The van der Waals surface area contributed by atoms with Crippen LogP contribution in [0.1, 0.15) is 252 Å². The minimum absolute atomic E-state index is 0.146. The first kappa shape index (κ1) is 67.2. The third kappa shape index (κ3) is 50.1. The zero-order valence-corrected chi connectivity index (χ0v) is 45.6. The lowest BCUT2D eigenvalue weighted by Gasteiger charge is -2.21. The summed E-state index contributed by atoms with van der Waals surface area (Å²) in [6.07, 6.45) is 56.1. The van der Waals surface area contributed by atoms with E-state index in [0.717, 1.165) is 128 Å². The van der Waals surface area contributed by atoms with Crippen molar-refractivity contribution in [3.05, 3.63) is 60.8 Å². The highest BCUT2D eigenvalue weighted by Gasteiger charge is 2.28. The molecule has 0 aliphatic heterocycles. The SMILES string of the molecule is CC/C=C\C/C=C\C/C=C\CCCCCCCC(=O)OC(COC(=O)CCCCCCC/C=C\CCCCCCCC)COP(=O)(O)OCC(CO)OC(=O)CCCCCCC/C=C\CCCCCC. The Kier molecular flexibility index (Phi) is 50.4. The van der Waals surface area contributed by atoms with E-state index in [9.17, 15) is 28.9 Å². The van der Waals surface area contributed by atoms with Crippen LogP contribution in [-0.4, -0.2) is 66.5 Å². The Bertz CT molecular complexity index is 1410. The molecule has 0 radical (unpaired) electrons. The van der Waals surface area contributed by atoms with Gasteiger partial charge in [0.25, 0.3) is 0 Å². The molecule has 0 rings (SSSR count). The summed E-state index contributed by atoms with van der Waals surface area (Å²) < 4.78 is 39.4. The summed E-state index contributed by atoms with van der Waals surface area (Å²) in [5.41, 5.74) is 0. The molecule has 70 heavy (non-hydrogen) atoms. The number of esters is 3. The summed E-state index contributed by atoms with van der Waals surface area (Å²) >= 11 is 0. The van der Waals surface area contributed by atoms with Crippen molar-refractivity contribution in [1.29, 1.82) is 0 Å². The van der Waals surface area contributed by atoms with Crippen LogP contribution >= 0.6 is 7.82 Å². The van der Waals surface area contributed by atoms with Crippen molar-refractivity contribution >= 4 is 25.7 Å². The monoisotopic (exact) mass is 1010 g/mol. The second-order valence-corrected chi connectivity index (χ2v) is 20.2. The number of ether oxygens (including phenoxy) is 3. The largest absolute Gasteiger partial charge is 0.472 e. The molecule has 0 aromatic carbocycles. The second-order valence-electron chi connectivity index (χ2n) is 18.7. The molecule has 0 aromatic heterocycles. The van der Waals surface area contributed by atoms with Crippen LogP contribution in [0.15, 0.2) is 60.8 Å². The summed E-state index contributed by atoms with van der Waals surface area (Å²) in [4.78, 5) is 48.5. The molecule has 11 nitrogen and oxygen atoms in total. The Morgan fingerprint density at radius 2 is 0.743 bits per heavy atom. The average molecular weight is 1010 g/mol. The number of allylic oxidation sites excluding steroid dienone is 10. The third-order valence-corrected chi connectivity index (χ3v) is 12.8. The van der Waals surface area contributed by atoms with Gasteiger partial charge >= 0.3 is 25.7 Å². The smallest absolute Gasteiger partial charge is 0.462 e. The number of aliphatic hydroxyl groups is 1. The van der Waals surface area contributed by atoms with Crippen LogP contribution in [0.4, 0.5) is 0 Å². The number of aliphatic hydroxyl groups excluding tert-OH is 1. The normalized spacial score (nSPS) is 13.8. The highest BCUT2D eigenvalue weighted by Crippen LogP contribution is 2.43. The van der Waals surface area contributed by atoms with E-state index in [-0.39, 0.29) is 25.9 Å². The topological polar surface area (TPSA) is 155 Å². The van der Waals surface area contributed by atoms with Gasteiger partial charge in [0.1, 0.15) is 12.7 Å². The van der Waals surface area contributed by atoms with Crippen molar-refractivity contribution in [3.8, 4) is 0 Å². The van der Waals surface area contributed by atoms with Crippen LogP contribution in [0.5, 0.6) is 0 Å². The van der Waals surface area contributed by atoms with E-state index in [1.54, 1.807) is 0 Å². The third-order valence-electron chi connectivity index (χ3n) is 11.9. The van der Waals surface area contributed by atoms with Crippen LogP contribution < -0.4 is 0 Å². The Balaban J connectivity index is 4.77. The first-order valence-electron chi connectivity index (χ1n) is 28.2. The second kappa shape index (κ2) is 52.5. The highest BCUT2D eigenvalue weighted by atomic mass is 31.2. The Hall–Kier alpha value is -2.82. The molecule has 0 amide bonds. The molecule has 406 valence electrons. The summed E-state index contributed by atoms with van der Waals surface area (Å²) in [6, 6.07) is 0. The quantitative estimate of drug-likeness (QED) is 0.0197. The zero-order valence-electron chi connectivity index (χ0n) is 44.7. The minimum Gasteiger partial charge on any atom is -0.462 e. The van der Waals surface area contributed by atoms with Crippen molar-refractivity contribution in [2.45, 2.75) is 264 Å². The fourth-order valence-corrected chi connectivity index (χ4v) is 8.38. The maximum atomic E-state index is 12.9. The lowest BCUT2D eigenvalue weighted by molar-refractivity contribution is -0.161. The van der Waals surface area contributed by atoms with E-state index < -0.39 is 57.8 Å². The molecule has 2 N–H and O–H groups in total. The zero-order chi connectivity index (χ0) is 51.3. The van der Waals surface area contributed by atoms with Gasteiger partial charge in [0.15, 0.2) is 6.10 Å². The van der Waals surface area contributed by atoms with E-state index >= 15 is 0 Å². The molecular weight excluding hydrogens is 904 g/mol. The van der Waals surface area contributed by atoms with Crippen molar-refractivity contribution in [2.75, 3.05) is 26.4 Å². The Morgan fingerprint density at radius 1 is 0.414 bits per heavy atom. The molecule has 0 aliphatic rings. The Morgan fingerprint density at radius 3 is 1.17 bits per heavy atom. The van der Waals surface area contributed by atoms with Gasteiger partial charge in [-0.3, -0.25) is 23.4 Å². The molecule has 0 aromatic rings. The molecule has 0 heterocycles. The van der Waals surface area contributed by atoms with Crippen molar-refractivity contribution in [3.63, 3.8) is 0 Å². The maximum absolute atomic E-state index is 12.9. The van der Waals surface area contributed by atoms with Crippen LogP contribution in [0.3, 0.4) is 0 Å². The van der Waals surface area contributed by atoms with Crippen LogP contribution in [-0.2, 0) is 42.2 Å². The fourth-order valence-electron chi connectivity index (χ4n) is 7.59. The van der Waals surface area contributed by atoms with Gasteiger partial charge in [-0.15, -0.1) is 0 Å². The molecule has 0 bridgehead atoms. The number of hydrogen-bond donors (Lipinski definition) is 2. The number of carbonyl (C=O) groups is 3. The maximum Gasteiger partial charge on any atom is 0.472 e. The standard InChI is InChI=1S/C58H103O11P/c1-4-7-10-13-16-19-22-25-27-30-32-35-38-41-44-47-56(60)65-51-55(69-58(62)49-46-43-40-37-34-31-28-26-23-20-17-14-11-8-5-2)53-67-70(63,64)66-52-54(50-59)68-57(61)48-45-42-39-36-33-29-24-21-18-15-12-9-6-3/h8,11,17,20-21,24-28,54-55,59H,4-7,9-10,12-16,18-19,22-23,29-53H2,1-3H3,(H,63,64)/b11-8-,20-17-,24-21-,27-25-,28-26-. The molecule has 0 fully saturated rings. The number of phosphoric ester groups is 1. The summed E-state index contributed by atoms with van der Waals surface area (Å²) in [6.45, 7) is 4.48. The summed E-state index contributed by atoms with van der Waals surface area (Å²) in [5, 5.41) is 9.79. The predicted octanol–water partition coefficient (Wildman–Crippen LogP) is 16.4.